The van der Waals surface area contributed by atoms with Gasteiger partial charge in [0, 0.05) is 16.5 Å². The number of hydrogen-bond acceptors (Lipinski definition) is 5. The third-order valence-corrected chi connectivity index (χ3v) is 6.39. The Balaban J connectivity index is 1.47. The molecule has 1 heterocycles. The van der Waals surface area contributed by atoms with Gasteiger partial charge in [-0.05, 0) is 62.3 Å². The molecule has 2 aromatic carbocycles. The van der Waals surface area contributed by atoms with E-state index in [4.69, 9.17) is 27.9 Å². The number of hydrogen-bond donors (Lipinski definition) is 2. The van der Waals surface area contributed by atoms with Crippen molar-refractivity contribution in [3.05, 3.63) is 52.0 Å². The van der Waals surface area contributed by atoms with E-state index in [-0.39, 0.29) is 33.0 Å². The molecular weight excluding hydrogens is 459 g/mol. The Hall–Kier alpha value is -1.93. The number of carbonyl (C=O) groups is 2. The van der Waals surface area contributed by atoms with Crippen LogP contribution in [0.2, 0.25) is 10.0 Å². The summed E-state index contributed by atoms with van der Waals surface area (Å²) in [5, 5.41) is 12.1. The highest BCUT2D eigenvalue weighted by atomic mass is 35.5. The third-order valence-electron chi connectivity index (χ3n) is 4.86. The molecule has 6 nitrogen and oxygen atoms in total. The molecule has 0 atom stereocenters. The second kappa shape index (κ2) is 11.6. The lowest BCUT2D eigenvalue weighted by Crippen LogP contribution is -2.33. The Labute approximate surface area is 195 Å². The van der Waals surface area contributed by atoms with Crippen molar-refractivity contribution in [1.82, 2.24) is 4.90 Å². The Kier molecular flexibility index (Phi) is 8.90. The smallest absolute Gasteiger partial charge is 0.339 e. The number of aromatic carboxylic acids is 1. The molecule has 1 saturated heterocycles. The predicted molar refractivity (Wildman–Crippen MR) is 125 cm³/mol. The van der Waals surface area contributed by atoms with E-state index in [1.54, 1.807) is 0 Å². The van der Waals surface area contributed by atoms with Crippen molar-refractivity contribution < 1.29 is 19.4 Å². The molecule has 2 aromatic rings. The van der Waals surface area contributed by atoms with Gasteiger partial charge >= 0.3 is 5.97 Å². The number of piperidine rings is 1. The van der Waals surface area contributed by atoms with Gasteiger partial charge in [0.15, 0.2) is 0 Å². The number of nitrogens with zero attached hydrogens (tertiary/aromatic N) is 1. The fourth-order valence-corrected chi connectivity index (χ4v) is 4.61. The molecule has 1 aliphatic heterocycles. The van der Waals surface area contributed by atoms with Crippen LogP contribution in [0.5, 0.6) is 5.75 Å². The van der Waals surface area contributed by atoms with Gasteiger partial charge in [-0.1, -0.05) is 29.6 Å². The third kappa shape index (κ3) is 7.31. The molecule has 0 aliphatic carbocycles. The van der Waals surface area contributed by atoms with Crippen LogP contribution in [0.3, 0.4) is 0 Å². The minimum atomic E-state index is -1.24. The van der Waals surface area contributed by atoms with Crippen molar-refractivity contribution in [2.24, 2.45) is 0 Å². The summed E-state index contributed by atoms with van der Waals surface area (Å²) in [7, 11) is 0. The molecule has 9 heteroatoms. The SMILES string of the molecule is O=C(CSc1ccc(OCCN2CCCCC2)cc1)Nc1cc(Cl)cc(Cl)c1C(=O)O. The number of nitrogens with one attached hydrogen (secondary N) is 1. The van der Waals surface area contributed by atoms with Crippen LogP contribution in [0, 0.1) is 0 Å². The molecular formula is C22H24Cl2N2O4S. The van der Waals surface area contributed by atoms with Gasteiger partial charge in [-0.2, -0.15) is 0 Å². The molecule has 0 aromatic heterocycles. The first-order valence-corrected chi connectivity index (χ1v) is 11.8. The lowest BCUT2D eigenvalue weighted by atomic mass is 10.1. The van der Waals surface area contributed by atoms with Gasteiger partial charge in [-0.3, -0.25) is 9.69 Å². The van der Waals surface area contributed by atoms with Crippen LogP contribution in [0.25, 0.3) is 0 Å². The van der Waals surface area contributed by atoms with E-state index in [1.807, 2.05) is 24.3 Å². The molecule has 1 aliphatic rings. The van der Waals surface area contributed by atoms with Crippen molar-refractivity contribution in [3.8, 4) is 5.75 Å². The normalized spacial score (nSPS) is 14.3. The number of ether oxygens (including phenoxy) is 1. The Morgan fingerprint density at radius 1 is 1.10 bits per heavy atom. The van der Waals surface area contributed by atoms with Crippen LogP contribution in [0.15, 0.2) is 41.3 Å². The highest BCUT2D eigenvalue weighted by molar-refractivity contribution is 8.00. The van der Waals surface area contributed by atoms with Crippen molar-refractivity contribution in [3.63, 3.8) is 0 Å². The number of carboxylic acid groups (broad SMARTS) is 1. The highest BCUT2D eigenvalue weighted by Gasteiger charge is 2.18. The molecule has 166 valence electrons. The highest BCUT2D eigenvalue weighted by Crippen LogP contribution is 2.30. The van der Waals surface area contributed by atoms with E-state index < -0.39 is 5.97 Å². The van der Waals surface area contributed by atoms with Crippen LogP contribution in [-0.4, -0.2) is 53.9 Å². The number of benzene rings is 2. The fraction of sp³-hybridized carbons (Fsp3) is 0.364. The molecule has 0 spiro atoms. The standard InChI is InChI=1S/C22H24Cl2N2O4S/c23-15-12-18(24)21(22(28)29)19(13-15)25-20(27)14-31-17-6-4-16(5-7-17)30-11-10-26-8-2-1-3-9-26/h4-7,12-13H,1-3,8-11,14H2,(H,25,27)(H,28,29). The van der Waals surface area contributed by atoms with E-state index in [2.05, 4.69) is 10.2 Å². The molecule has 0 unspecified atom stereocenters. The fourth-order valence-electron chi connectivity index (χ4n) is 3.33. The van der Waals surface area contributed by atoms with Gasteiger partial charge < -0.3 is 15.2 Å². The number of halogens is 2. The lowest BCUT2D eigenvalue weighted by molar-refractivity contribution is -0.113. The largest absolute Gasteiger partial charge is 0.492 e. The molecule has 0 bridgehead atoms. The number of thioether (sulfide) groups is 1. The summed E-state index contributed by atoms with van der Waals surface area (Å²) < 4.78 is 5.82. The first-order valence-electron chi connectivity index (χ1n) is 10.0. The first-order chi connectivity index (χ1) is 14.9. The number of carboxylic acids is 1. The van der Waals surface area contributed by atoms with E-state index in [0.29, 0.717) is 6.61 Å². The zero-order valence-electron chi connectivity index (χ0n) is 16.9. The molecule has 1 amide bonds. The summed E-state index contributed by atoms with van der Waals surface area (Å²) in [6.07, 6.45) is 3.85. The Bertz CT molecular complexity index is 918. The number of likely N-dealkylation sites (tertiary alicyclic amines) is 1. The van der Waals surface area contributed by atoms with Crippen LogP contribution < -0.4 is 10.1 Å². The van der Waals surface area contributed by atoms with Gasteiger partial charge in [-0.15, -0.1) is 11.8 Å². The minimum Gasteiger partial charge on any atom is -0.492 e. The van der Waals surface area contributed by atoms with E-state index >= 15 is 0 Å². The van der Waals surface area contributed by atoms with E-state index in [0.717, 1.165) is 30.3 Å². The van der Waals surface area contributed by atoms with E-state index in [1.165, 1.54) is 43.2 Å². The van der Waals surface area contributed by atoms with Gasteiger partial charge in [-0.25, -0.2) is 4.79 Å². The van der Waals surface area contributed by atoms with Crippen molar-refractivity contribution in [2.75, 3.05) is 37.3 Å². The predicted octanol–water partition coefficient (Wildman–Crippen LogP) is 5.29. The Morgan fingerprint density at radius 2 is 1.81 bits per heavy atom. The summed E-state index contributed by atoms with van der Waals surface area (Å²) in [4.78, 5) is 27.0. The molecule has 31 heavy (non-hydrogen) atoms. The average Bonchev–Trinajstić information content (AvgIpc) is 2.73. The number of anilines is 1. The van der Waals surface area contributed by atoms with E-state index in [9.17, 15) is 14.7 Å². The summed E-state index contributed by atoms with van der Waals surface area (Å²) >= 11 is 13.2. The van der Waals surface area contributed by atoms with Crippen molar-refractivity contribution in [1.29, 1.82) is 0 Å². The summed E-state index contributed by atoms with van der Waals surface area (Å²) in [6.45, 7) is 3.89. The van der Waals surface area contributed by atoms with Crippen molar-refractivity contribution in [2.45, 2.75) is 24.2 Å². The summed E-state index contributed by atoms with van der Waals surface area (Å²) in [5.41, 5.74) is -0.108. The molecule has 2 N–H and O–H groups in total. The Morgan fingerprint density at radius 3 is 2.48 bits per heavy atom. The van der Waals surface area contributed by atoms with Gasteiger partial charge in [0.2, 0.25) is 5.91 Å². The molecule has 3 rings (SSSR count). The summed E-state index contributed by atoms with van der Waals surface area (Å²) in [5.74, 6) is -0.683. The molecule has 0 saturated carbocycles. The number of carbonyl (C=O) groups excluding carboxylic acids is 1. The first kappa shape index (κ1) is 23.7. The van der Waals surface area contributed by atoms with Gasteiger partial charge in [0.05, 0.1) is 16.5 Å². The average molecular weight is 483 g/mol. The number of rotatable bonds is 9. The van der Waals surface area contributed by atoms with Crippen LogP contribution in [0.1, 0.15) is 29.6 Å². The zero-order chi connectivity index (χ0) is 22.2. The van der Waals surface area contributed by atoms with Crippen LogP contribution in [-0.2, 0) is 4.79 Å². The quantitative estimate of drug-likeness (QED) is 0.472. The minimum absolute atomic E-state index is 0.0289. The van der Waals surface area contributed by atoms with Crippen LogP contribution >= 0.6 is 35.0 Å². The number of amides is 1. The molecule has 0 radical (unpaired) electrons. The van der Waals surface area contributed by atoms with Crippen LogP contribution in [0.4, 0.5) is 5.69 Å². The maximum absolute atomic E-state index is 12.3. The maximum atomic E-state index is 12.3. The molecule has 1 fully saturated rings. The summed E-state index contributed by atoms with van der Waals surface area (Å²) in [6, 6.07) is 10.3. The van der Waals surface area contributed by atoms with Gasteiger partial charge in [0.25, 0.3) is 0 Å². The van der Waals surface area contributed by atoms with Gasteiger partial charge in [0.1, 0.15) is 17.9 Å². The zero-order valence-corrected chi connectivity index (χ0v) is 19.2. The monoisotopic (exact) mass is 482 g/mol. The lowest BCUT2D eigenvalue weighted by Gasteiger charge is -2.26. The second-order valence-corrected chi connectivity index (χ2v) is 9.07. The second-order valence-electron chi connectivity index (χ2n) is 7.17. The van der Waals surface area contributed by atoms with Crippen molar-refractivity contribution >= 4 is 52.5 Å². The maximum Gasteiger partial charge on any atom is 0.339 e. The topological polar surface area (TPSA) is 78.9 Å².